The molecule has 0 unspecified atom stereocenters. The van der Waals surface area contributed by atoms with Gasteiger partial charge < -0.3 is 0 Å². The fraction of sp³-hybridized carbons (Fsp3) is 0.111. The molecule has 0 saturated carbocycles. The van der Waals surface area contributed by atoms with E-state index >= 15 is 0 Å². The summed E-state index contributed by atoms with van der Waals surface area (Å²) in [5, 5.41) is 8.11. The van der Waals surface area contributed by atoms with Crippen molar-refractivity contribution in [1.82, 2.24) is 10.2 Å². The molecule has 2 rings (SSSR count). The van der Waals surface area contributed by atoms with Crippen LogP contribution < -0.4 is 5.56 Å². The summed E-state index contributed by atoms with van der Waals surface area (Å²) in [5.41, 5.74) is 1.80. The molecule has 2 heterocycles. The summed E-state index contributed by atoms with van der Waals surface area (Å²) in [6.45, 7) is 2.03. The van der Waals surface area contributed by atoms with Crippen molar-refractivity contribution in [1.29, 1.82) is 0 Å². The van der Waals surface area contributed by atoms with Gasteiger partial charge in [-0.3, -0.25) is 4.79 Å². The minimum Gasteiger partial charge on any atom is -0.268 e. The van der Waals surface area contributed by atoms with Gasteiger partial charge in [0.1, 0.15) is 0 Å². The van der Waals surface area contributed by atoms with Crippen LogP contribution in [0.15, 0.2) is 28.5 Å². The van der Waals surface area contributed by atoms with E-state index < -0.39 is 0 Å². The Morgan fingerprint density at radius 1 is 1.54 bits per heavy atom. The molecule has 0 aliphatic carbocycles. The molecule has 1 N–H and O–H groups in total. The minimum atomic E-state index is -0.164. The van der Waals surface area contributed by atoms with Crippen LogP contribution in [0.3, 0.4) is 0 Å². The third-order valence-electron chi connectivity index (χ3n) is 1.83. The van der Waals surface area contributed by atoms with E-state index in [-0.39, 0.29) is 5.56 Å². The highest BCUT2D eigenvalue weighted by atomic mass is 32.1. The monoisotopic (exact) mass is 192 g/mol. The Labute approximate surface area is 79.1 Å². The SMILES string of the molecule is Cc1sccc1-c1cn[nH]c(=O)c1. The number of rotatable bonds is 1. The molecule has 0 aliphatic heterocycles. The van der Waals surface area contributed by atoms with Gasteiger partial charge in [-0.15, -0.1) is 11.3 Å². The highest BCUT2D eigenvalue weighted by Crippen LogP contribution is 2.25. The van der Waals surface area contributed by atoms with Crippen molar-refractivity contribution in [3.63, 3.8) is 0 Å². The van der Waals surface area contributed by atoms with Crippen LogP contribution >= 0.6 is 11.3 Å². The second-order valence-electron chi connectivity index (χ2n) is 2.72. The summed E-state index contributed by atoms with van der Waals surface area (Å²) in [6, 6.07) is 3.55. The zero-order valence-corrected chi connectivity index (χ0v) is 7.89. The Balaban J connectivity index is 2.59. The average Bonchev–Trinajstić information content (AvgIpc) is 2.51. The van der Waals surface area contributed by atoms with Crippen molar-refractivity contribution < 1.29 is 0 Å². The highest BCUT2D eigenvalue weighted by Gasteiger charge is 2.02. The molecule has 2 aromatic heterocycles. The minimum absolute atomic E-state index is 0.164. The lowest BCUT2D eigenvalue weighted by Crippen LogP contribution is -2.05. The quantitative estimate of drug-likeness (QED) is 0.749. The Kier molecular flexibility index (Phi) is 1.98. The van der Waals surface area contributed by atoms with Crippen LogP contribution in [0.1, 0.15) is 4.88 Å². The Hall–Kier alpha value is -1.42. The maximum atomic E-state index is 11.0. The van der Waals surface area contributed by atoms with Gasteiger partial charge in [0.25, 0.3) is 5.56 Å². The lowest BCUT2D eigenvalue weighted by atomic mass is 10.1. The Morgan fingerprint density at radius 3 is 3.00 bits per heavy atom. The standard InChI is InChI=1S/C9H8N2OS/c1-6-8(2-3-13-6)7-4-9(12)11-10-5-7/h2-5H,1H3,(H,11,12). The Bertz CT molecular complexity index is 472. The van der Waals surface area contributed by atoms with Crippen LogP contribution in [0.25, 0.3) is 11.1 Å². The van der Waals surface area contributed by atoms with Gasteiger partial charge in [0.15, 0.2) is 0 Å². The number of nitrogens with one attached hydrogen (secondary N) is 1. The molecule has 13 heavy (non-hydrogen) atoms. The van der Waals surface area contributed by atoms with Gasteiger partial charge in [-0.1, -0.05) is 0 Å². The smallest absolute Gasteiger partial charge is 0.264 e. The van der Waals surface area contributed by atoms with Gasteiger partial charge in [0.2, 0.25) is 0 Å². The van der Waals surface area contributed by atoms with E-state index in [1.165, 1.54) is 4.88 Å². The summed E-state index contributed by atoms with van der Waals surface area (Å²) in [6.07, 6.45) is 1.66. The number of thiophene rings is 1. The van der Waals surface area contributed by atoms with Crippen LogP contribution in [0.5, 0.6) is 0 Å². The second-order valence-corrected chi connectivity index (χ2v) is 3.84. The first-order valence-corrected chi connectivity index (χ1v) is 4.74. The number of hydrogen-bond acceptors (Lipinski definition) is 3. The molecule has 0 aliphatic rings. The normalized spacial score (nSPS) is 10.2. The third-order valence-corrected chi connectivity index (χ3v) is 2.68. The maximum absolute atomic E-state index is 11.0. The van der Waals surface area contributed by atoms with Crippen LogP contribution in [0, 0.1) is 6.92 Å². The summed E-state index contributed by atoms with van der Waals surface area (Å²) >= 11 is 1.67. The molecular weight excluding hydrogens is 184 g/mol. The first-order chi connectivity index (χ1) is 6.27. The first-order valence-electron chi connectivity index (χ1n) is 3.86. The molecule has 0 fully saturated rings. The van der Waals surface area contributed by atoms with Crippen molar-refractivity contribution in [3.05, 3.63) is 38.9 Å². The predicted molar refractivity (Wildman–Crippen MR) is 52.9 cm³/mol. The van der Waals surface area contributed by atoms with Gasteiger partial charge in [0.05, 0.1) is 6.20 Å². The van der Waals surface area contributed by atoms with Crippen LogP contribution in [0.2, 0.25) is 0 Å². The van der Waals surface area contributed by atoms with Crippen molar-refractivity contribution >= 4 is 11.3 Å². The van der Waals surface area contributed by atoms with Gasteiger partial charge in [-0.25, -0.2) is 5.10 Å². The number of nitrogens with zero attached hydrogens (tertiary/aromatic N) is 1. The lowest BCUT2D eigenvalue weighted by molar-refractivity contribution is 0.991. The summed E-state index contributed by atoms with van der Waals surface area (Å²) in [5.74, 6) is 0. The van der Waals surface area contributed by atoms with E-state index in [4.69, 9.17) is 0 Å². The van der Waals surface area contributed by atoms with E-state index in [1.807, 2.05) is 18.4 Å². The van der Waals surface area contributed by atoms with Crippen molar-refractivity contribution in [2.45, 2.75) is 6.92 Å². The molecule has 0 radical (unpaired) electrons. The molecule has 0 spiro atoms. The second kappa shape index (κ2) is 3.14. The van der Waals surface area contributed by atoms with Crippen LogP contribution in [-0.4, -0.2) is 10.2 Å². The van der Waals surface area contributed by atoms with Gasteiger partial charge in [-0.2, -0.15) is 5.10 Å². The van der Waals surface area contributed by atoms with E-state index in [0.29, 0.717) is 0 Å². The summed E-state index contributed by atoms with van der Waals surface area (Å²) in [7, 11) is 0. The van der Waals surface area contributed by atoms with Crippen molar-refractivity contribution in [3.8, 4) is 11.1 Å². The third kappa shape index (κ3) is 1.53. The molecule has 0 atom stereocenters. The number of H-pyrrole nitrogens is 1. The molecule has 4 heteroatoms. The zero-order valence-electron chi connectivity index (χ0n) is 7.07. The van der Waals surface area contributed by atoms with Crippen molar-refractivity contribution in [2.24, 2.45) is 0 Å². The summed E-state index contributed by atoms with van der Waals surface area (Å²) < 4.78 is 0. The number of aryl methyl sites for hydroxylation is 1. The first kappa shape index (κ1) is 8.19. The van der Waals surface area contributed by atoms with Gasteiger partial charge in [0, 0.05) is 16.5 Å². The molecule has 0 saturated heterocycles. The molecule has 0 amide bonds. The predicted octanol–water partition coefficient (Wildman–Crippen LogP) is 1.81. The maximum Gasteiger partial charge on any atom is 0.264 e. The molecular formula is C9H8N2OS. The van der Waals surface area contributed by atoms with E-state index in [9.17, 15) is 4.79 Å². The largest absolute Gasteiger partial charge is 0.268 e. The molecule has 0 bridgehead atoms. The number of hydrogen-bond donors (Lipinski definition) is 1. The number of aromatic nitrogens is 2. The van der Waals surface area contributed by atoms with E-state index in [2.05, 4.69) is 10.2 Å². The average molecular weight is 192 g/mol. The fourth-order valence-electron chi connectivity index (χ4n) is 1.21. The molecule has 2 aromatic rings. The Morgan fingerprint density at radius 2 is 2.38 bits per heavy atom. The van der Waals surface area contributed by atoms with Crippen molar-refractivity contribution in [2.75, 3.05) is 0 Å². The van der Waals surface area contributed by atoms with Gasteiger partial charge in [-0.05, 0) is 23.9 Å². The van der Waals surface area contributed by atoms with E-state index in [1.54, 1.807) is 23.6 Å². The molecule has 66 valence electrons. The fourth-order valence-corrected chi connectivity index (χ4v) is 1.93. The van der Waals surface area contributed by atoms with Gasteiger partial charge >= 0.3 is 0 Å². The summed E-state index contributed by atoms with van der Waals surface area (Å²) in [4.78, 5) is 12.2. The molecule has 3 nitrogen and oxygen atoms in total. The van der Waals surface area contributed by atoms with Crippen LogP contribution in [-0.2, 0) is 0 Å². The topological polar surface area (TPSA) is 45.8 Å². The lowest BCUT2D eigenvalue weighted by Gasteiger charge is -1.96. The highest BCUT2D eigenvalue weighted by molar-refractivity contribution is 7.10. The zero-order chi connectivity index (χ0) is 9.26. The molecule has 0 aromatic carbocycles. The van der Waals surface area contributed by atoms with E-state index in [0.717, 1.165) is 11.1 Å². The van der Waals surface area contributed by atoms with Crippen LogP contribution in [0.4, 0.5) is 0 Å². The number of aromatic amines is 1.